The lowest BCUT2D eigenvalue weighted by molar-refractivity contribution is 0.102. The number of phenolic OH excluding ortho intramolecular Hbond substituents is 1. The fourth-order valence-corrected chi connectivity index (χ4v) is 1.35. The van der Waals surface area contributed by atoms with Crippen molar-refractivity contribution in [2.75, 3.05) is 5.32 Å². The van der Waals surface area contributed by atoms with Crippen LogP contribution < -0.4 is 5.32 Å². The van der Waals surface area contributed by atoms with E-state index in [2.05, 4.69) is 15.5 Å². The first-order chi connectivity index (χ1) is 8.06. The second-order valence-corrected chi connectivity index (χ2v) is 3.55. The molecule has 6 heteroatoms. The smallest absolute Gasteiger partial charge is 0.259 e. The molecule has 0 spiro atoms. The number of hydrogen-bond acceptors (Lipinski definition) is 3. The average molecular weight is 235 g/mol. The van der Waals surface area contributed by atoms with Crippen molar-refractivity contribution in [3.63, 3.8) is 0 Å². The number of halogens is 1. The van der Waals surface area contributed by atoms with Crippen LogP contribution in [0, 0.1) is 12.7 Å². The van der Waals surface area contributed by atoms with Gasteiger partial charge in [-0.25, -0.2) is 4.39 Å². The number of amides is 1. The van der Waals surface area contributed by atoms with Crippen LogP contribution in [0.1, 0.15) is 16.1 Å². The van der Waals surface area contributed by atoms with Gasteiger partial charge in [-0.05, 0) is 19.1 Å². The van der Waals surface area contributed by atoms with Gasteiger partial charge in [0.2, 0.25) is 0 Å². The number of aromatic nitrogens is 2. The quantitative estimate of drug-likeness (QED) is 0.742. The summed E-state index contributed by atoms with van der Waals surface area (Å²) in [6.45, 7) is 1.78. The van der Waals surface area contributed by atoms with Gasteiger partial charge in [0.15, 0.2) is 5.82 Å². The van der Waals surface area contributed by atoms with Crippen LogP contribution in [0.2, 0.25) is 0 Å². The molecular formula is C11H10FN3O2. The highest BCUT2D eigenvalue weighted by Gasteiger charge is 2.13. The summed E-state index contributed by atoms with van der Waals surface area (Å²) in [7, 11) is 0. The van der Waals surface area contributed by atoms with Gasteiger partial charge in [0.1, 0.15) is 11.6 Å². The van der Waals surface area contributed by atoms with E-state index in [1.807, 2.05) is 0 Å². The highest BCUT2D eigenvalue weighted by molar-refractivity contribution is 6.04. The van der Waals surface area contributed by atoms with Crippen molar-refractivity contribution in [1.82, 2.24) is 10.2 Å². The fourth-order valence-electron chi connectivity index (χ4n) is 1.35. The molecule has 0 bridgehead atoms. The first kappa shape index (κ1) is 11.1. The number of nitrogens with one attached hydrogen (secondary N) is 2. The molecule has 0 saturated carbocycles. The minimum Gasteiger partial charge on any atom is -0.508 e. The Morgan fingerprint density at radius 2 is 2.24 bits per heavy atom. The van der Waals surface area contributed by atoms with E-state index in [0.29, 0.717) is 5.82 Å². The van der Waals surface area contributed by atoms with Gasteiger partial charge in [0.25, 0.3) is 5.91 Å². The molecule has 0 saturated heterocycles. The van der Waals surface area contributed by atoms with Crippen molar-refractivity contribution in [2.45, 2.75) is 6.92 Å². The molecule has 17 heavy (non-hydrogen) atoms. The number of hydrogen-bond donors (Lipinski definition) is 3. The van der Waals surface area contributed by atoms with E-state index in [-0.39, 0.29) is 11.3 Å². The molecule has 2 aromatic rings. The third-order valence-electron chi connectivity index (χ3n) is 2.14. The molecular weight excluding hydrogens is 225 g/mol. The lowest BCUT2D eigenvalue weighted by atomic mass is 10.2. The Kier molecular flexibility index (Phi) is 2.78. The summed E-state index contributed by atoms with van der Waals surface area (Å²) in [4.78, 5) is 11.7. The summed E-state index contributed by atoms with van der Waals surface area (Å²) in [5.41, 5.74) is 0.634. The lowest BCUT2D eigenvalue weighted by Crippen LogP contribution is -2.13. The maximum absolute atomic E-state index is 13.4. The molecule has 0 unspecified atom stereocenters. The van der Waals surface area contributed by atoms with E-state index in [4.69, 9.17) is 5.11 Å². The number of aromatic amines is 1. The van der Waals surface area contributed by atoms with Gasteiger partial charge in [0.05, 0.1) is 5.56 Å². The van der Waals surface area contributed by atoms with Crippen molar-refractivity contribution in [3.05, 3.63) is 41.3 Å². The lowest BCUT2D eigenvalue weighted by Gasteiger charge is -2.03. The van der Waals surface area contributed by atoms with E-state index < -0.39 is 11.7 Å². The second-order valence-electron chi connectivity index (χ2n) is 3.55. The van der Waals surface area contributed by atoms with Crippen LogP contribution >= 0.6 is 0 Å². The molecule has 0 aliphatic carbocycles. The molecule has 1 heterocycles. The van der Waals surface area contributed by atoms with E-state index >= 15 is 0 Å². The molecule has 1 aromatic heterocycles. The van der Waals surface area contributed by atoms with Crippen molar-refractivity contribution in [1.29, 1.82) is 0 Å². The summed E-state index contributed by atoms with van der Waals surface area (Å²) in [5.74, 6) is -1.31. The third-order valence-corrected chi connectivity index (χ3v) is 2.14. The van der Waals surface area contributed by atoms with Crippen LogP contribution in [-0.4, -0.2) is 21.2 Å². The molecule has 0 radical (unpaired) electrons. The Labute approximate surface area is 96.3 Å². The largest absolute Gasteiger partial charge is 0.508 e. The predicted molar refractivity (Wildman–Crippen MR) is 59.3 cm³/mol. The van der Waals surface area contributed by atoms with Crippen LogP contribution in [0.25, 0.3) is 0 Å². The number of aromatic hydroxyl groups is 1. The molecule has 2 rings (SSSR count). The Bertz CT molecular complexity index is 566. The molecule has 1 amide bonds. The fraction of sp³-hybridized carbons (Fsp3) is 0.0909. The van der Waals surface area contributed by atoms with Gasteiger partial charge in [-0.3, -0.25) is 9.89 Å². The molecule has 3 N–H and O–H groups in total. The van der Waals surface area contributed by atoms with Crippen LogP contribution in [0.5, 0.6) is 5.75 Å². The third kappa shape index (κ3) is 2.41. The molecule has 0 aliphatic rings. The van der Waals surface area contributed by atoms with Gasteiger partial charge in [-0.15, -0.1) is 0 Å². The molecule has 0 atom stereocenters. The van der Waals surface area contributed by atoms with E-state index in [1.54, 1.807) is 13.0 Å². The van der Waals surface area contributed by atoms with Crippen LogP contribution in [0.4, 0.5) is 10.2 Å². The average Bonchev–Trinajstić information content (AvgIpc) is 2.63. The first-order valence-electron chi connectivity index (χ1n) is 4.88. The first-order valence-corrected chi connectivity index (χ1v) is 4.88. The van der Waals surface area contributed by atoms with Gasteiger partial charge in [-0.1, -0.05) is 0 Å². The van der Waals surface area contributed by atoms with Crippen molar-refractivity contribution in [3.8, 4) is 5.75 Å². The minimum atomic E-state index is -0.783. The standard InChI is InChI=1S/C11H10FN3O2/c1-6-4-10(15-14-6)13-11(17)8-3-2-7(16)5-9(8)12/h2-5,16H,1H3,(H2,13,14,15,17). The zero-order valence-corrected chi connectivity index (χ0v) is 8.99. The number of H-pyrrole nitrogens is 1. The monoisotopic (exact) mass is 235 g/mol. The number of phenols is 1. The zero-order chi connectivity index (χ0) is 12.4. The van der Waals surface area contributed by atoms with Crippen molar-refractivity contribution < 1.29 is 14.3 Å². The Balaban J connectivity index is 2.20. The Morgan fingerprint density at radius 1 is 1.47 bits per heavy atom. The number of rotatable bonds is 2. The van der Waals surface area contributed by atoms with E-state index in [1.165, 1.54) is 12.1 Å². The van der Waals surface area contributed by atoms with E-state index in [0.717, 1.165) is 11.8 Å². The van der Waals surface area contributed by atoms with Crippen LogP contribution in [0.15, 0.2) is 24.3 Å². The maximum Gasteiger partial charge on any atom is 0.259 e. The summed E-state index contributed by atoms with van der Waals surface area (Å²) < 4.78 is 13.4. The Hall–Kier alpha value is -2.37. The number of carbonyl (C=O) groups excluding carboxylic acids is 1. The second kappa shape index (κ2) is 4.25. The van der Waals surface area contributed by atoms with Gasteiger partial charge in [0, 0.05) is 17.8 Å². The molecule has 0 aliphatic heterocycles. The molecule has 0 fully saturated rings. The molecule has 88 valence electrons. The SMILES string of the molecule is Cc1cc(NC(=O)c2ccc(O)cc2F)n[nH]1. The Morgan fingerprint density at radius 3 is 2.82 bits per heavy atom. The predicted octanol–water partition coefficient (Wildman–Crippen LogP) is 1.82. The highest BCUT2D eigenvalue weighted by Crippen LogP contribution is 2.16. The summed E-state index contributed by atoms with van der Waals surface area (Å²) in [6, 6.07) is 4.95. The summed E-state index contributed by atoms with van der Waals surface area (Å²) in [5, 5.41) is 17.9. The minimum absolute atomic E-state index is 0.150. The number of aryl methyl sites for hydroxylation is 1. The normalized spacial score (nSPS) is 10.2. The maximum atomic E-state index is 13.4. The summed E-state index contributed by atoms with van der Waals surface area (Å²) >= 11 is 0. The van der Waals surface area contributed by atoms with Gasteiger partial charge >= 0.3 is 0 Å². The number of carbonyl (C=O) groups is 1. The summed E-state index contributed by atoms with van der Waals surface area (Å²) in [6.07, 6.45) is 0. The number of nitrogens with zero attached hydrogens (tertiary/aromatic N) is 1. The van der Waals surface area contributed by atoms with Crippen LogP contribution in [-0.2, 0) is 0 Å². The topological polar surface area (TPSA) is 78.0 Å². The van der Waals surface area contributed by atoms with E-state index in [9.17, 15) is 9.18 Å². The molecule has 5 nitrogen and oxygen atoms in total. The van der Waals surface area contributed by atoms with Gasteiger partial charge < -0.3 is 10.4 Å². The van der Waals surface area contributed by atoms with Gasteiger partial charge in [-0.2, -0.15) is 5.10 Å². The van der Waals surface area contributed by atoms with Crippen molar-refractivity contribution in [2.24, 2.45) is 0 Å². The zero-order valence-electron chi connectivity index (χ0n) is 8.99. The highest BCUT2D eigenvalue weighted by atomic mass is 19.1. The number of benzene rings is 1. The van der Waals surface area contributed by atoms with Crippen molar-refractivity contribution >= 4 is 11.7 Å². The molecule has 1 aromatic carbocycles. The van der Waals surface area contributed by atoms with Crippen LogP contribution in [0.3, 0.4) is 0 Å². The number of anilines is 1.